The molecule has 1 aliphatic heterocycles. The highest BCUT2D eigenvalue weighted by Crippen LogP contribution is 2.34. The van der Waals surface area contributed by atoms with E-state index in [-0.39, 0.29) is 16.7 Å². The third-order valence-electron chi connectivity index (χ3n) is 3.49. The lowest BCUT2D eigenvalue weighted by atomic mass is 9.83. The molecule has 1 aliphatic rings. The SMILES string of the molecule is CC1(C)CN(C(=O)c2ccccc2Cl)CCC1Cl. The molecule has 0 radical (unpaired) electrons. The fourth-order valence-electron chi connectivity index (χ4n) is 2.31. The van der Waals surface area contributed by atoms with Gasteiger partial charge in [-0.05, 0) is 24.0 Å². The third-order valence-corrected chi connectivity index (χ3v) is 4.63. The Morgan fingerprint density at radius 1 is 1.39 bits per heavy atom. The molecule has 1 aromatic carbocycles. The summed E-state index contributed by atoms with van der Waals surface area (Å²) >= 11 is 12.4. The molecule has 1 amide bonds. The number of likely N-dealkylation sites (tertiary alicyclic amines) is 1. The third kappa shape index (κ3) is 2.65. The van der Waals surface area contributed by atoms with Crippen LogP contribution in [0, 0.1) is 5.41 Å². The van der Waals surface area contributed by atoms with Gasteiger partial charge in [0, 0.05) is 18.5 Å². The van der Waals surface area contributed by atoms with Gasteiger partial charge in [0.2, 0.25) is 0 Å². The second-order valence-electron chi connectivity index (χ2n) is 5.45. The molecular formula is C14H17Cl2NO. The van der Waals surface area contributed by atoms with Gasteiger partial charge in [0.05, 0.1) is 10.6 Å². The summed E-state index contributed by atoms with van der Waals surface area (Å²) in [5.41, 5.74) is 0.513. The van der Waals surface area contributed by atoms with Crippen LogP contribution in [0.4, 0.5) is 0 Å². The van der Waals surface area contributed by atoms with Crippen molar-refractivity contribution in [2.45, 2.75) is 25.6 Å². The average molecular weight is 286 g/mol. The summed E-state index contributed by atoms with van der Waals surface area (Å²) in [6, 6.07) is 7.17. The number of nitrogens with zero attached hydrogens (tertiary/aromatic N) is 1. The van der Waals surface area contributed by atoms with Crippen molar-refractivity contribution in [3.05, 3.63) is 34.9 Å². The van der Waals surface area contributed by atoms with Crippen LogP contribution in [-0.2, 0) is 0 Å². The van der Waals surface area contributed by atoms with Crippen LogP contribution in [0.25, 0.3) is 0 Å². The Morgan fingerprint density at radius 2 is 2.06 bits per heavy atom. The summed E-state index contributed by atoms with van der Waals surface area (Å²) in [7, 11) is 0. The van der Waals surface area contributed by atoms with Crippen LogP contribution in [0.3, 0.4) is 0 Å². The highest BCUT2D eigenvalue weighted by atomic mass is 35.5. The van der Waals surface area contributed by atoms with E-state index >= 15 is 0 Å². The van der Waals surface area contributed by atoms with E-state index in [1.165, 1.54) is 0 Å². The molecule has 1 aromatic rings. The van der Waals surface area contributed by atoms with Gasteiger partial charge in [-0.15, -0.1) is 11.6 Å². The first-order valence-electron chi connectivity index (χ1n) is 6.10. The lowest BCUT2D eigenvalue weighted by Gasteiger charge is -2.41. The minimum absolute atomic E-state index is 0.00255. The van der Waals surface area contributed by atoms with E-state index in [4.69, 9.17) is 23.2 Å². The monoisotopic (exact) mass is 285 g/mol. The molecule has 98 valence electrons. The minimum atomic E-state index is -0.0588. The number of carbonyl (C=O) groups is 1. The van der Waals surface area contributed by atoms with Crippen LogP contribution in [0.1, 0.15) is 30.6 Å². The molecule has 1 atom stereocenters. The van der Waals surface area contributed by atoms with E-state index in [0.717, 1.165) is 6.42 Å². The Balaban J connectivity index is 2.18. The highest BCUT2D eigenvalue weighted by Gasteiger charge is 2.36. The van der Waals surface area contributed by atoms with Crippen LogP contribution >= 0.6 is 23.2 Å². The van der Waals surface area contributed by atoms with E-state index in [1.54, 1.807) is 12.1 Å². The van der Waals surface area contributed by atoms with Crippen LogP contribution < -0.4 is 0 Å². The van der Waals surface area contributed by atoms with Crippen molar-refractivity contribution in [2.24, 2.45) is 5.41 Å². The molecule has 1 unspecified atom stereocenters. The first-order chi connectivity index (χ1) is 8.42. The number of piperidine rings is 1. The first-order valence-corrected chi connectivity index (χ1v) is 6.91. The molecule has 0 aromatic heterocycles. The average Bonchev–Trinajstić information content (AvgIpc) is 2.32. The maximum Gasteiger partial charge on any atom is 0.255 e. The van der Waals surface area contributed by atoms with E-state index in [1.807, 2.05) is 17.0 Å². The number of alkyl halides is 1. The van der Waals surface area contributed by atoms with Crippen molar-refractivity contribution in [3.8, 4) is 0 Å². The summed E-state index contributed by atoms with van der Waals surface area (Å²) in [6.07, 6.45) is 0.824. The van der Waals surface area contributed by atoms with Gasteiger partial charge < -0.3 is 4.90 Å². The molecule has 0 saturated carbocycles. The molecule has 0 aliphatic carbocycles. The zero-order chi connectivity index (χ0) is 13.3. The Kier molecular flexibility index (Phi) is 3.88. The van der Waals surface area contributed by atoms with E-state index in [2.05, 4.69) is 13.8 Å². The summed E-state index contributed by atoms with van der Waals surface area (Å²) in [6.45, 7) is 5.56. The van der Waals surface area contributed by atoms with Crippen molar-refractivity contribution in [2.75, 3.05) is 13.1 Å². The Bertz CT molecular complexity index is 459. The maximum absolute atomic E-state index is 12.4. The molecular weight excluding hydrogens is 269 g/mol. The molecule has 1 heterocycles. The van der Waals surface area contributed by atoms with Gasteiger partial charge in [0.1, 0.15) is 0 Å². The van der Waals surface area contributed by atoms with E-state index < -0.39 is 0 Å². The normalized spacial score (nSPS) is 22.9. The Labute approximate surface area is 118 Å². The van der Waals surface area contributed by atoms with Gasteiger partial charge in [0.25, 0.3) is 5.91 Å². The van der Waals surface area contributed by atoms with Crippen LogP contribution in [0.15, 0.2) is 24.3 Å². The molecule has 18 heavy (non-hydrogen) atoms. The van der Waals surface area contributed by atoms with Crippen molar-refractivity contribution >= 4 is 29.1 Å². The summed E-state index contributed by atoms with van der Waals surface area (Å²) in [4.78, 5) is 14.3. The Hall–Kier alpha value is -0.730. The van der Waals surface area contributed by atoms with Gasteiger partial charge in [-0.1, -0.05) is 37.6 Å². The molecule has 0 spiro atoms. The lowest BCUT2D eigenvalue weighted by molar-refractivity contribution is 0.0593. The molecule has 0 bridgehead atoms. The predicted molar refractivity (Wildman–Crippen MR) is 75.4 cm³/mol. The van der Waals surface area contributed by atoms with E-state index in [9.17, 15) is 4.79 Å². The predicted octanol–water partition coefficient (Wildman–Crippen LogP) is 3.82. The maximum atomic E-state index is 12.4. The Morgan fingerprint density at radius 3 is 2.67 bits per heavy atom. The van der Waals surface area contributed by atoms with Crippen molar-refractivity contribution < 1.29 is 4.79 Å². The second-order valence-corrected chi connectivity index (χ2v) is 6.39. The molecule has 2 nitrogen and oxygen atoms in total. The van der Waals surface area contributed by atoms with Crippen LogP contribution in [0.2, 0.25) is 5.02 Å². The number of amides is 1. The standard InChI is InChI=1S/C14H17Cl2NO/c1-14(2)9-17(8-7-12(14)16)13(18)10-5-3-4-6-11(10)15/h3-6,12H,7-9H2,1-2H3. The van der Waals surface area contributed by atoms with Crippen molar-refractivity contribution in [3.63, 3.8) is 0 Å². The molecule has 0 N–H and O–H groups in total. The van der Waals surface area contributed by atoms with Gasteiger partial charge in [-0.3, -0.25) is 4.79 Å². The number of benzene rings is 1. The quantitative estimate of drug-likeness (QED) is 0.719. The zero-order valence-electron chi connectivity index (χ0n) is 10.6. The number of carbonyl (C=O) groups excluding carboxylic acids is 1. The zero-order valence-corrected chi connectivity index (χ0v) is 12.1. The van der Waals surface area contributed by atoms with Gasteiger partial charge in [0.15, 0.2) is 0 Å². The number of halogens is 2. The molecule has 1 saturated heterocycles. The van der Waals surface area contributed by atoms with Gasteiger partial charge >= 0.3 is 0 Å². The summed E-state index contributed by atoms with van der Waals surface area (Å²) in [5.74, 6) is -0.00255. The van der Waals surface area contributed by atoms with E-state index in [0.29, 0.717) is 23.7 Å². The highest BCUT2D eigenvalue weighted by molar-refractivity contribution is 6.33. The summed E-state index contributed by atoms with van der Waals surface area (Å²) < 4.78 is 0. The van der Waals surface area contributed by atoms with Crippen LogP contribution in [-0.4, -0.2) is 29.3 Å². The smallest absolute Gasteiger partial charge is 0.255 e. The fraction of sp³-hybridized carbons (Fsp3) is 0.500. The van der Waals surface area contributed by atoms with Crippen molar-refractivity contribution in [1.82, 2.24) is 4.90 Å². The first kappa shape index (κ1) is 13.7. The molecule has 1 fully saturated rings. The largest absolute Gasteiger partial charge is 0.338 e. The number of hydrogen-bond acceptors (Lipinski definition) is 1. The lowest BCUT2D eigenvalue weighted by Crippen LogP contribution is -2.48. The summed E-state index contributed by atoms with van der Waals surface area (Å²) in [5, 5.41) is 0.626. The van der Waals surface area contributed by atoms with Crippen LogP contribution in [0.5, 0.6) is 0 Å². The molecule has 4 heteroatoms. The van der Waals surface area contributed by atoms with Gasteiger partial charge in [-0.2, -0.15) is 0 Å². The van der Waals surface area contributed by atoms with Gasteiger partial charge in [-0.25, -0.2) is 0 Å². The minimum Gasteiger partial charge on any atom is -0.338 e. The fourth-order valence-corrected chi connectivity index (χ4v) is 2.69. The molecule has 2 rings (SSSR count). The number of rotatable bonds is 1. The number of hydrogen-bond donors (Lipinski definition) is 0. The second kappa shape index (κ2) is 5.10. The van der Waals surface area contributed by atoms with Crippen molar-refractivity contribution in [1.29, 1.82) is 0 Å². The topological polar surface area (TPSA) is 20.3 Å².